The van der Waals surface area contributed by atoms with Gasteiger partial charge in [-0.1, -0.05) is 0 Å². The van der Waals surface area contributed by atoms with Gasteiger partial charge in [0.2, 0.25) is 0 Å². The monoisotopic (exact) mass is 485 g/mol. The number of alkyl halides is 6. The number of carbonyl (C=O) groups is 1. The Kier molecular flexibility index (Phi) is 6.17. The average molecular weight is 485 g/mol. The molecule has 1 fully saturated rings. The number of aromatic amines is 1. The minimum absolute atomic E-state index is 0.159. The number of H-pyrrole nitrogens is 1. The van der Waals surface area contributed by atoms with Gasteiger partial charge in [-0.05, 0) is 62.4 Å². The standard InChI is InChI=1S/C22H21F6N5O/c1-11-6-16-17(30-10-29-16)9-15(11)20(34)32-13-4-2-12(3-5-13)31-14-7-18(21(23,24)25)33-19(8-14)22(26,27)28/h6-10,12-13H,2-5H2,1H3,(H,29,30)(H,31,33)(H,32,34). The molecule has 0 spiro atoms. The van der Waals surface area contributed by atoms with Gasteiger partial charge in [0.25, 0.3) is 5.91 Å². The minimum atomic E-state index is -5.00. The number of anilines is 1. The number of halogens is 6. The maximum absolute atomic E-state index is 13.0. The largest absolute Gasteiger partial charge is 0.433 e. The molecule has 0 atom stereocenters. The molecule has 1 amide bonds. The summed E-state index contributed by atoms with van der Waals surface area (Å²) in [4.78, 5) is 22.6. The van der Waals surface area contributed by atoms with Crippen molar-refractivity contribution in [1.82, 2.24) is 20.3 Å². The molecule has 0 saturated heterocycles. The molecule has 6 nitrogen and oxygen atoms in total. The van der Waals surface area contributed by atoms with E-state index in [1.807, 2.05) is 13.0 Å². The van der Waals surface area contributed by atoms with Gasteiger partial charge in [-0.15, -0.1) is 0 Å². The lowest BCUT2D eigenvalue weighted by atomic mass is 9.90. The van der Waals surface area contributed by atoms with Crippen molar-refractivity contribution < 1.29 is 31.1 Å². The molecule has 34 heavy (non-hydrogen) atoms. The Morgan fingerprint density at radius 3 is 2.12 bits per heavy atom. The molecule has 4 rings (SSSR count). The summed E-state index contributed by atoms with van der Waals surface area (Å²) < 4.78 is 78.1. The number of hydrogen-bond acceptors (Lipinski definition) is 4. The summed E-state index contributed by atoms with van der Waals surface area (Å²) in [6.45, 7) is 1.81. The van der Waals surface area contributed by atoms with Gasteiger partial charge >= 0.3 is 12.4 Å². The molecule has 1 aromatic carbocycles. The molecule has 0 radical (unpaired) electrons. The van der Waals surface area contributed by atoms with E-state index in [4.69, 9.17) is 0 Å². The molecular formula is C22H21F6N5O. The maximum Gasteiger partial charge on any atom is 0.433 e. The maximum atomic E-state index is 13.0. The van der Waals surface area contributed by atoms with Crippen LogP contribution in [0.25, 0.3) is 11.0 Å². The van der Waals surface area contributed by atoms with E-state index >= 15 is 0 Å². The summed E-state index contributed by atoms with van der Waals surface area (Å²) in [5.41, 5.74) is -0.731. The third kappa shape index (κ3) is 5.26. The summed E-state index contributed by atoms with van der Waals surface area (Å²) in [5, 5.41) is 5.74. The van der Waals surface area contributed by atoms with Crippen LogP contribution < -0.4 is 10.6 Å². The van der Waals surface area contributed by atoms with Crippen molar-refractivity contribution in [3.63, 3.8) is 0 Å². The Morgan fingerprint density at radius 2 is 1.53 bits per heavy atom. The van der Waals surface area contributed by atoms with E-state index in [2.05, 4.69) is 25.6 Å². The number of rotatable bonds is 4. The number of pyridine rings is 1. The number of nitrogens with one attached hydrogen (secondary N) is 3. The molecule has 3 N–H and O–H groups in total. The number of amides is 1. The number of aryl methyl sites for hydroxylation is 1. The first kappa shape index (κ1) is 23.8. The number of imidazole rings is 1. The van der Waals surface area contributed by atoms with Crippen LogP contribution in [0.2, 0.25) is 0 Å². The van der Waals surface area contributed by atoms with Crippen molar-refractivity contribution in [3.8, 4) is 0 Å². The molecule has 1 aliphatic rings. The predicted octanol–water partition coefficient (Wildman–Crippen LogP) is 5.46. The van der Waals surface area contributed by atoms with Gasteiger partial charge in [0.1, 0.15) is 11.4 Å². The Bertz CT molecular complexity index is 1160. The highest BCUT2D eigenvalue weighted by Gasteiger charge is 2.39. The first-order chi connectivity index (χ1) is 15.9. The van der Waals surface area contributed by atoms with Gasteiger partial charge in [0.15, 0.2) is 0 Å². The quantitative estimate of drug-likeness (QED) is 0.429. The zero-order valence-corrected chi connectivity index (χ0v) is 17.9. The third-order valence-corrected chi connectivity index (χ3v) is 5.85. The van der Waals surface area contributed by atoms with Crippen molar-refractivity contribution in [2.75, 3.05) is 5.32 Å². The first-order valence-electron chi connectivity index (χ1n) is 10.6. The van der Waals surface area contributed by atoms with Crippen LogP contribution in [0.5, 0.6) is 0 Å². The SMILES string of the molecule is Cc1cc2[nH]cnc2cc1C(=O)NC1CCC(Nc2cc(C(F)(F)F)nc(C(F)(F)F)c2)CC1. The fraction of sp³-hybridized carbons (Fsp3) is 0.409. The molecule has 2 aromatic heterocycles. The van der Waals surface area contributed by atoms with Crippen LogP contribution in [-0.4, -0.2) is 32.9 Å². The van der Waals surface area contributed by atoms with Crippen LogP contribution in [0.3, 0.4) is 0 Å². The zero-order valence-electron chi connectivity index (χ0n) is 17.9. The first-order valence-corrected chi connectivity index (χ1v) is 10.6. The molecule has 0 aliphatic heterocycles. The molecule has 0 unspecified atom stereocenters. The number of fused-ring (bicyclic) bond motifs is 1. The van der Waals surface area contributed by atoms with Crippen molar-refractivity contribution >= 4 is 22.6 Å². The van der Waals surface area contributed by atoms with Crippen LogP contribution >= 0.6 is 0 Å². The van der Waals surface area contributed by atoms with Crippen LogP contribution in [0, 0.1) is 6.92 Å². The van der Waals surface area contributed by atoms with Crippen molar-refractivity contribution in [2.45, 2.75) is 57.0 Å². The predicted molar refractivity (Wildman–Crippen MR) is 112 cm³/mol. The van der Waals surface area contributed by atoms with Crippen LogP contribution in [-0.2, 0) is 12.4 Å². The van der Waals surface area contributed by atoms with Crippen molar-refractivity contribution in [3.05, 3.63) is 53.1 Å². The second-order valence-corrected chi connectivity index (χ2v) is 8.37. The van der Waals surface area contributed by atoms with Gasteiger partial charge in [-0.3, -0.25) is 4.79 Å². The Labute approximate surface area is 190 Å². The van der Waals surface area contributed by atoms with E-state index in [1.54, 1.807) is 6.07 Å². The van der Waals surface area contributed by atoms with E-state index in [0.29, 0.717) is 48.9 Å². The Hall–Kier alpha value is -3.31. The zero-order chi connectivity index (χ0) is 24.7. The summed E-state index contributed by atoms with van der Waals surface area (Å²) in [5.74, 6) is -0.252. The van der Waals surface area contributed by atoms with E-state index in [9.17, 15) is 31.1 Å². The van der Waals surface area contributed by atoms with Crippen molar-refractivity contribution in [1.29, 1.82) is 0 Å². The molecule has 182 valence electrons. The molecule has 12 heteroatoms. The number of carbonyl (C=O) groups excluding carboxylic acids is 1. The smallest absolute Gasteiger partial charge is 0.382 e. The minimum Gasteiger partial charge on any atom is -0.382 e. The lowest BCUT2D eigenvalue weighted by molar-refractivity contribution is -0.150. The fourth-order valence-electron chi connectivity index (χ4n) is 4.12. The Balaban J connectivity index is 1.39. The third-order valence-electron chi connectivity index (χ3n) is 5.85. The second kappa shape index (κ2) is 8.80. The topological polar surface area (TPSA) is 82.7 Å². The summed E-state index contributed by atoms with van der Waals surface area (Å²) >= 11 is 0. The molecule has 1 saturated carbocycles. The lowest BCUT2D eigenvalue weighted by Gasteiger charge is -2.30. The van der Waals surface area contributed by atoms with E-state index in [1.165, 1.54) is 6.33 Å². The number of benzene rings is 1. The second-order valence-electron chi connectivity index (χ2n) is 8.37. The number of hydrogen-bond donors (Lipinski definition) is 3. The number of nitrogens with zero attached hydrogens (tertiary/aromatic N) is 2. The van der Waals surface area contributed by atoms with Crippen LogP contribution in [0.4, 0.5) is 32.0 Å². The van der Waals surface area contributed by atoms with Gasteiger partial charge < -0.3 is 15.6 Å². The molecule has 1 aliphatic carbocycles. The highest BCUT2D eigenvalue weighted by Crippen LogP contribution is 2.35. The van der Waals surface area contributed by atoms with Crippen LogP contribution in [0.1, 0.15) is 53.0 Å². The molecule has 2 heterocycles. The fourth-order valence-corrected chi connectivity index (χ4v) is 4.12. The summed E-state index contributed by atoms with van der Waals surface area (Å²) in [7, 11) is 0. The normalized spacial score (nSPS) is 19.3. The van der Waals surface area contributed by atoms with Gasteiger partial charge in [0.05, 0.1) is 17.4 Å². The average Bonchev–Trinajstić information content (AvgIpc) is 3.20. The number of aromatic nitrogens is 3. The van der Waals surface area contributed by atoms with Gasteiger partial charge in [-0.25, -0.2) is 9.97 Å². The molecule has 3 aromatic rings. The van der Waals surface area contributed by atoms with E-state index in [-0.39, 0.29) is 23.7 Å². The van der Waals surface area contributed by atoms with E-state index in [0.717, 1.165) is 11.1 Å². The lowest BCUT2D eigenvalue weighted by Crippen LogP contribution is -2.40. The molecular weight excluding hydrogens is 464 g/mol. The highest BCUT2D eigenvalue weighted by molar-refractivity contribution is 5.99. The van der Waals surface area contributed by atoms with Gasteiger partial charge in [0, 0.05) is 23.3 Å². The Morgan fingerprint density at radius 1 is 0.941 bits per heavy atom. The molecule has 0 bridgehead atoms. The summed E-state index contributed by atoms with van der Waals surface area (Å²) in [6.07, 6.45) is -6.49. The van der Waals surface area contributed by atoms with Crippen LogP contribution in [0.15, 0.2) is 30.6 Å². The summed E-state index contributed by atoms with van der Waals surface area (Å²) in [6, 6.07) is 4.20. The van der Waals surface area contributed by atoms with Crippen molar-refractivity contribution in [2.24, 2.45) is 0 Å². The highest BCUT2D eigenvalue weighted by atomic mass is 19.4. The van der Waals surface area contributed by atoms with Gasteiger partial charge in [-0.2, -0.15) is 26.3 Å². The van der Waals surface area contributed by atoms with E-state index < -0.39 is 23.7 Å².